The van der Waals surface area contributed by atoms with E-state index in [1.54, 1.807) is 12.4 Å². The van der Waals surface area contributed by atoms with Gasteiger partial charge >= 0.3 is 0 Å². The predicted molar refractivity (Wildman–Crippen MR) is 71.9 cm³/mol. The van der Waals surface area contributed by atoms with Crippen molar-refractivity contribution in [2.24, 2.45) is 0 Å². The summed E-state index contributed by atoms with van der Waals surface area (Å²) in [7, 11) is 0. The average molecular weight is 236 g/mol. The molecule has 0 bridgehead atoms. The van der Waals surface area contributed by atoms with Gasteiger partial charge in [0.05, 0.1) is 0 Å². The van der Waals surface area contributed by atoms with E-state index in [9.17, 15) is 0 Å². The smallest absolute Gasteiger partial charge is 0.159 e. The molecular weight excluding hydrogens is 224 g/mol. The Morgan fingerprint density at radius 1 is 1.11 bits per heavy atom. The molecule has 4 heteroatoms. The molecule has 0 radical (unpaired) electrons. The Balaban J connectivity index is 2.22. The van der Waals surface area contributed by atoms with Crippen LogP contribution in [0.3, 0.4) is 0 Å². The van der Waals surface area contributed by atoms with Gasteiger partial charge in [-0.15, -0.1) is 0 Å². The minimum atomic E-state index is 0.434. The number of benzene rings is 1. The molecule has 0 aliphatic heterocycles. The number of anilines is 1. The number of rotatable bonds is 1. The first-order valence-corrected chi connectivity index (χ1v) is 5.68. The van der Waals surface area contributed by atoms with Crippen molar-refractivity contribution in [1.29, 1.82) is 0 Å². The summed E-state index contributed by atoms with van der Waals surface area (Å²) in [4.78, 5) is 12.9. The molecule has 4 nitrogen and oxygen atoms in total. The summed E-state index contributed by atoms with van der Waals surface area (Å²) in [6.07, 6.45) is 3.44. The van der Waals surface area contributed by atoms with Gasteiger partial charge in [-0.3, -0.25) is 0 Å². The van der Waals surface area contributed by atoms with Crippen molar-refractivity contribution in [3.05, 3.63) is 48.3 Å². The van der Waals surface area contributed by atoms with Gasteiger partial charge in [0.15, 0.2) is 5.82 Å². The lowest BCUT2D eigenvalue weighted by molar-refractivity contribution is 1.21. The van der Waals surface area contributed by atoms with Crippen LogP contribution in [0.2, 0.25) is 0 Å². The normalized spacial score (nSPS) is 10.7. The van der Waals surface area contributed by atoms with E-state index in [0.29, 0.717) is 17.2 Å². The number of hydrogen-bond acceptors (Lipinski definition) is 4. The van der Waals surface area contributed by atoms with Gasteiger partial charge in [0, 0.05) is 23.3 Å². The number of hydrogen-bond donors (Lipinski definition) is 1. The molecular formula is C14H12N4. The van der Waals surface area contributed by atoms with Gasteiger partial charge in [0.2, 0.25) is 0 Å². The predicted octanol–water partition coefficient (Wildman–Crippen LogP) is 2.58. The maximum atomic E-state index is 5.83. The van der Waals surface area contributed by atoms with Crippen LogP contribution < -0.4 is 5.73 Å². The van der Waals surface area contributed by atoms with Crippen LogP contribution in [-0.4, -0.2) is 15.0 Å². The monoisotopic (exact) mass is 236 g/mol. The molecule has 0 atom stereocenters. The largest absolute Gasteiger partial charge is 0.382 e. The van der Waals surface area contributed by atoms with E-state index < -0.39 is 0 Å². The van der Waals surface area contributed by atoms with Crippen LogP contribution in [0.1, 0.15) is 5.56 Å². The molecule has 0 amide bonds. The second kappa shape index (κ2) is 4.07. The fourth-order valence-corrected chi connectivity index (χ4v) is 1.90. The molecule has 0 saturated heterocycles. The van der Waals surface area contributed by atoms with Crippen LogP contribution >= 0.6 is 0 Å². The van der Waals surface area contributed by atoms with Crippen LogP contribution in [0.4, 0.5) is 5.82 Å². The van der Waals surface area contributed by atoms with Crippen molar-refractivity contribution >= 4 is 16.7 Å². The highest BCUT2D eigenvalue weighted by molar-refractivity contribution is 5.87. The average Bonchev–Trinajstić information content (AvgIpc) is 2.39. The molecule has 0 spiro atoms. The molecule has 18 heavy (non-hydrogen) atoms. The van der Waals surface area contributed by atoms with Gasteiger partial charge in [0.1, 0.15) is 11.3 Å². The SMILES string of the molecule is Cc1cccc(-c2ncc3ccnc(N)c3n2)c1. The lowest BCUT2D eigenvalue weighted by Gasteiger charge is -2.04. The first-order chi connectivity index (χ1) is 8.74. The molecule has 88 valence electrons. The number of nitrogens with zero attached hydrogens (tertiary/aromatic N) is 3. The Morgan fingerprint density at radius 3 is 2.83 bits per heavy atom. The number of nitrogens with two attached hydrogens (primary N) is 1. The molecule has 2 heterocycles. The molecule has 0 saturated carbocycles. The zero-order valence-electron chi connectivity index (χ0n) is 9.96. The molecule has 0 aliphatic carbocycles. The van der Waals surface area contributed by atoms with Crippen molar-refractivity contribution in [1.82, 2.24) is 15.0 Å². The third-order valence-electron chi connectivity index (χ3n) is 2.80. The quantitative estimate of drug-likeness (QED) is 0.705. The van der Waals surface area contributed by atoms with Gasteiger partial charge in [-0.1, -0.05) is 23.8 Å². The Kier molecular flexibility index (Phi) is 2.41. The standard InChI is InChI=1S/C14H12N4/c1-9-3-2-4-10(7-9)14-17-8-11-5-6-16-13(15)12(11)18-14/h2-8H,1H3,(H2,15,16). The lowest BCUT2D eigenvalue weighted by atomic mass is 10.1. The first-order valence-electron chi connectivity index (χ1n) is 5.68. The molecule has 2 aromatic heterocycles. The number of fused-ring (bicyclic) bond motifs is 1. The van der Waals surface area contributed by atoms with Crippen molar-refractivity contribution in [3.8, 4) is 11.4 Å². The summed E-state index contributed by atoms with van der Waals surface area (Å²) in [5.74, 6) is 1.11. The zero-order valence-corrected chi connectivity index (χ0v) is 9.96. The van der Waals surface area contributed by atoms with E-state index in [-0.39, 0.29) is 0 Å². The Morgan fingerprint density at radius 2 is 2.00 bits per heavy atom. The highest BCUT2D eigenvalue weighted by atomic mass is 14.9. The summed E-state index contributed by atoms with van der Waals surface area (Å²) in [5, 5.41) is 0.902. The van der Waals surface area contributed by atoms with Gasteiger partial charge in [-0.05, 0) is 19.1 Å². The second-order valence-corrected chi connectivity index (χ2v) is 4.20. The van der Waals surface area contributed by atoms with Crippen molar-refractivity contribution in [2.75, 3.05) is 5.73 Å². The maximum Gasteiger partial charge on any atom is 0.159 e. The summed E-state index contributed by atoms with van der Waals surface area (Å²) in [6, 6.07) is 9.92. The molecule has 0 aliphatic rings. The van der Waals surface area contributed by atoms with Crippen LogP contribution in [-0.2, 0) is 0 Å². The topological polar surface area (TPSA) is 64.7 Å². The van der Waals surface area contributed by atoms with Crippen LogP contribution in [0.5, 0.6) is 0 Å². The Labute approximate surface area is 105 Å². The van der Waals surface area contributed by atoms with E-state index in [4.69, 9.17) is 5.73 Å². The fourth-order valence-electron chi connectivity index (χ4n) is 1.90. The second-order valence-electron chi connectivity index (χ2n) is 4.20. The lowest BCUT2D eigenvalue weighted by Crippen LogP contribution is -1.96. The third-order valence-corrected chi connectivity index (χ3v) is 2.80. The van der Waals surface area contributed by atoms with E-state index in [2.05, 4.69) is 15.0 Å². The summed E-state index contributed by atoms with van der Waals surface area (Å²) in [6.45, 7) is 2.04. The van der Waals surface area contributed by atoms with Crippen LogP contribution in [0.15, 0.2) is 42.7 Å². The number of nitrogen functional groups attached to an aromatic ring is 1. The van der Waals surface area contributed by atoms with Gasteiger partial charge < -0.3 is 5.73 Å². The minimum absolute atomic E-state index is 0.434. The number of aryl methyl sites for hydroxylation is 1. The number of pyridine rings is 1. The minimum Gasteiger partial charge on any atom is -0.382 e. The van der Waals surface area contributed by atoms with Crippen LogP contribution in [0, 0.1) is 6.92 Å². The summed E-state index contributed by atoms with van der Waals surface area (Å²) >= 11 is 0. The van der Waals surface area contributed by atoms with E-state index in [1.165, 1.54) is 5.56 Å². The van der Waals surface area contributed by atoms with Gasteiger partial charge in [-0.2, -0.15) is 0 Å². The molecule has 3 aromatic rings. The Hall–Kier alpha value is -2.49. The summed E-state index contributed by atoms with van der Waals surface area (Å²) in [5.41, 5.74) is 8.69. The molecule has 3 rings (SSSR count). The first kappa shape index (κ1) is 10.7. The maximum absolute atomic E-state index is 5.83. The van der Waals surface area contributed by atoms with Crippen molar-refractivity contribution < 1.29 is 0 Å². The molecule has 0 unspecified atom stereocenters. The Bertz CT molecular complexity index is 722. The van der Waals surface area contributed by atoms with Crippen LogP contribution in [0.25, 0.3) is 22.3 Å². The van der Waals surface area contributed by atoms with E-state index in [0.717, 1.165) is 10.9 Å². The van der Waals surface area contributed by atoms with E-state index in [1.807, 2.05) is 37.3 Å². The third kappa shape index (κ3) is 1.78. The molecule has 0 fully saturated rings. The highest BCUT2D eigenvalue weighted by Crippen LogP contribution is 2.21. The van der Waals surface area contributed by atoms with Gasteiger partial charge in [0.25, 0.3) is 0 Å². The highest BCUT2D eigenvalue weighted by Gasteiger charge is 2.05. The molecule has 2 N–H and O–H groups in total. The van der Waals surface area contributed by atoms with Crippen molar-refractivity contribution in [3.63, 3.8) is 0 Å². The fraction of sp³-hybridized carbons (Fsp3) is 0.0714. The number of aromatic nitrogens is 3. The summed E-state index contributed by atoms with van der Waals surface area (Å²) < 4.78 is 0. The molecule has 1 aromatic carbocycles. The van der Waals surface area contributed by atoms with E-state index >= 15 is 0 Å². The van der Waals surface area contributed by atoms with Crippen molar-refractivity contribution in [2.45, 2.75) is 6.92 Å². The van der Waals surface area contributed by atoms with Gasteiger partial charge in [-0.25, -0.2) is 15.0 Å². The zero-order chi connectivity index (χ0) is 12.5.